The number of hydrogen-bond donors (Lipinski definition) is 2. The SMILES string of the molecule is COc1cc2[nH]c(=O)c([S+]3CCN(C(=O)c4cc(OC)c(OC)c(OC)c4)CC3)c(O)c2cc1OC. The second-order valence-corrected chi connectivity index (χ2v) is 10.2. The highest BCUT2D eigenvalue weighted by Gasteiger charge is 2.37. The minimum absolute atomic E-state index is 0.0672. The molecule has 3 aromatic rings. The van der Waals surface area contributed by atoms with Crippen LogP contribution < -0.4 is 29.2 Å². The predicted molar refractivity (Wildman–Crippen MR) is 137 cm³/mol. The molecule has 1 aromatic heterocycles. The molecule has 0 bridgehead atoms. The fourth-order valence-corrected chi connectivity index (χ4v) is 6.49. The van der Waals surface area contributed by atoms with E-state index in [1.165, 1.54) is 35.5 Å². The number of amides is 1. The minimum Gasteiger partial charge on any atom is -0.503 e. The quantitative estimate of drug-likeness (QED) is 0.459. The van der Waals surface area contributed by atoms with Crippen LogP contribution in [0.2, 0.25) is 0 Å². The Morgan fingerprint density at radius 2 is 1.42 bits per heavy atom. The van der Waals surface area contributed by atoms with Crippen LogP contribution >= 0.6 is 0 Å². The van der Waals surface area contributed by atoms with Crippen molar-refractivity contribution >= 4 is 27.7 Å². The largest absolute Gasteiger partial charge is 0.503 e. The summed E-state index contributed by atoms with van der Waals surface area (Å²) < 4.78 is 26.7. The first-order chi connectivity index (χ1) is 17.4. The van der Waals surface area contributed by atoms with Crippen molar-refractivity contribution in [3.05, 3.63) is 40.2 Å². The van der Waals surface area contributed by atoms with E-state index in [1.807, 2.05) is 0 Å². The molecule has 0 spiro atoms. The van der Waals surface area contributed by atoms with Crippen molar-refractivity contribution in [2.75, 3.05) is 60.1 Å². The molecule has 1 aliphatic heterocycles. The van der Waals surface area contributed by atoms with Gasteiger partial charge in [0, 0.05) is 27.9 Å². The lowest BCUT2D eigenvalue weighted by Gasteiger charge is -2.27. The first-order valence-corrected chi connectivity index (χ1v) is 12.7. The standard InChI is InChI=1S/C25H28N2O8S/c1-31-17-12-15-16(13-18(17)32-2)26-24(29)23(21(15)28)36-8-6-27(7-9-36)25(30)14-10-19(33-3)22(35-5)20(11-14)34-4/h10-13H,6-9H2,1-5H3,(H-,26,28,29)/p+1. The Morgan fingerprint density at radius 3 is 1.94 bits per heavy atom. The highest BCUT2D eigenvalue weighted by Crippen LogP contribution is 2.39. The summed E-state index contributed by atoms with van der Waals surface area (Å²) in [5.74, 6) is 2.97. The van der Waals surface area contributed by atoms with Crippen molar-refractivity contribution < 1.29 is 33.6 Å². The maximum atomic E-state index is 13.3. The second kappa shape index (κ2) is 10.5. The summed E-state index contributed by atoms with van der Waals surface area (Å²) in [4.78, 5) is 31.1. The van der Waals surface area contributed by atoms with Crippen LogP contribution in [0.1, 0.15) is 10.4 Å². The summed E-state index contributed by atoms with van der Waals surface area (Å²) in [6.07, 6.45) is 0. The van der Waals surface area contributed by atoms with Gasteiger partial charge >= 0.3 is 5.56 Å². The number of nitrogens with zero attached hydrogens (tertiary/aromatic N) is 1. The zero-order chi connectivity index (χ0) is 26.0. The Labute approximate surface area is 211 Å². The number of aromatic amines is 1. The number of benzene rings is 2. The molecule has 0 atom stereocenters. The van der Waals surface area contributed by atoms with Gasteiger partial charge in [-0.05, 0) is 18.2 Å². The van der Waals surface area contributed by atoms with Gasteiger partial charge in [0.1, 0.15) is 11.5 Å². The summed E-state index contributed by atoms with van der Waals surface area (Å²) in [6.45, 7) is 0.864. The van der Waals surface area contributed by atoms with Gasteiger partial charge in [0.25, 0.3) is 10.8 Å². The van der Waals surface area contributed by atoms with Crippen LogP contribution in [-0.2, 0) is 10.9 Å². The lowest BCUT2D eigenvalue weighted by Crippen LogP contribution is -2.45. The molecule has 4 rings (SSSR count). The van der Waals surface area contributed by atoms with E-state index < -0.39 is 10.9 Å². The summed E-state index contributed by atoms with van der Waals surface area (Å²) in [5.41, 5.74) is 0.525. The van der Waals surface area contributed by atoms with Crippen LogP contribution in [0.25, 0.3) is 10.9 Å². The average Bonchev–Trinajstić information content (AvgIpc) is 2.91. The molecule has 1 aliphatic rings. The number of aromatic hydroxyl groups is 1. The van der Waals surface area contributed by atoms with Gasteiger partial charge in [0.2, 0.25) is 5.75 Å². The Kier molecular flexibility index (Phi) is 7.39. The molecule has 2 heterocycles. The molecule has 1 saturated heterocycles. The number of hydrogen-bond acceptors (Lipinski definition) is 8. The van der Waals surface area contributed by atoms with Crippen LogP contribution in [0, 0.1) is 0 Å². The van der Waals surface area contributed by atoms with Gasteiger partial charge in [0.05, 0.1) is 54.2 Å². The topological polar surface area (TPSA) is 120 Å². The van der Waals surface area contributed by atoms with Crippen LogP contribution in [0.5, 0.6) is 34.5 Å². The average molecular weight is 518 g/mol. The van der Waals surface area contributed by atoms with Gasteiger partial charge in [0.15, 0.2) is 28.7 Å². The molecule has 2 N–H and O–H groups in total. The predicted octanol–water partition coefficient (Wildman–Crippen LogP) is 2.41. The summed E-state index contributed by atoms with van der Waals surface area (Å²) >= 11 is 0. The molecule has 0 aliphatic carbocycles. The number of H-pyrrole nitrogens is 1. The number of pyridine rings is 1. The maximum Gasteiger partial charge on any atom is 0.307 e. The first-order valence-electron chi connectivity index (χ1n) is 11.1. The van der Waals surface area contributed by atoms with Gasteiger partial charge in [-0.2, -0.15) is 0 Å². The third-order valence-electron chi connectivity index (χ3n) is 6.15. The van der Waals surface area contributed by atoms with E-state index in [-0.39, 0.29) is 17.2 Å². The third kappa shape index (κ3) is 4.46. The molecule has 1 fully saturated rings. The van der Waals surface area contributed by atoms with Crippen molar-refractivity contribution in [1.29, 1.82) is 0 Å². The van der Waals surface area contributed by atoms with E-state index in [0.29, 0.717) is 74.7 Å². The molecule has 36 heavy (non-hydrogen) atoms. The zero-order valence-electron chi connectivity index (χ0n) is 20.8. The summed E-state index contributed by atoms with van der Waals surface area (Å²) in [7, 11) is 6.97. The first kappa shape index (κ1) is 25.4. The van der Waals surface area contributed by atoms with Gasteiger partial charge in [-0.25, -0.2) is 0 Å². The number of aromatic nitrogens is 1. The van der Waals surface area contributed by atoms with Crippen LogP contribution in [0.4, 0.5) is 0 Å². The molecular formula is C25H29N2O8S+. The van der Waals surface area contributed by atoms with E-state index >= 15 is 0 Å². The molecule has 1 amide bonds. The van der Waals surface area contributed by atoms with Crippen molar-refractivity contribution in [2.45, 2.75) is 4.90 Å². The normalized spacial score (nSPS) is 14.0. The van der Waals surface area contributed by atoms with E-state index in [4.69, 9.17) is 23.7 Å². The molecule has 10 nitrogen and oxygen atoms in total. The fraction of sp³-hybridized carbons (Fsp3) is 0.360. The second-order valence-electron chi connectivity index (χ2n) is 7.99. The van der Waals surface area contributed by atoms with Gasteiger partial charge < -0.3 is 38.7 Å². The molecular weight excluding hydrogens is 488 g/mol. The molecule has 0 radical (unpaired) electrons. The fourth-order valence-electron chi connectivity index (χ4n) is 4.30. The lowest BCUT2D eigenvalue weighted by molar-refractivity contribution is 0.0770. The maximum absolute atomic E-state index is 13.3. The number of fused-ring (bicyclic) bond motifs is 1. The summed E-state index contributed by atoms with van der Waals surface area (Å²) in [5, 5.41) is 11.5. The number of methoxy groups -OCH3 is 5. The van der Waals surface area contributed by atoms with E-state index in [1.54, 1.807) is 29.2 Å². The highest BCUT2D eigenvalue weighted by molar-refractivity contribution is 7.97. The van der Waals surface area contributed by atoms with Crippen LogP contribution in [-0.4, -0.2) is 81.0 Å². The number of carbonyl (C=O) groups excluding carboxylic acids is 1. The number of nitrogens with one attached hydrogen (secondary N) is 1. The van der Waals surface area contributed by atoms with Crippen molar-refractivity contribution in [3.63, 3.8) is 0 Å². The van der Waals surface area contributed by atoms with Gasteiger partial charge in [-0.1, -0.05) is 0 Å². The van der Waals surface area contributed by atoms with Crippen LogP contribution in [0.3, 0.4) is 0 Å². The smallest absolute Gasteiger partial charge is 0.307 e. The molecule has 0 unspecified atom stereocenters. The van der Waals surface area contributed by atoms with Gasteiger partial charge in [-0.15, -0.1) is 0 Å². The Balaban J connectivity index is 1.58. The van der Waals surface area contributed by atoms with Gasteiger partial charge in [-0.3, -0.25) is 9.59 Å². The number of rotatable bonds is 7. The van der Waals surface area contributed by atoms with E-state index in [9.17, 15) is 14.7 Å². The van der Waals surface area contributed by atoms with Crippen molar-refractivity contribution in [2.24, 2.45) is 0 Å². The number of carbonyl (C=O) groups is 1. The monoisotopic (exact) mass is 517 g/mol. The van der Waals surface area contributed by atoms with Crippen molar-refractivity contribution in [1.82, 2.24) is 9.88 Å². The Hall–Kier alpha value is -3.73. The molecule has 0 saturated carbocycles. The van der Waals surface area contributed by atoms with Crippen LogP contribution in [0.15, 0.2) is 34.0 Å². The van der Waals surface area contributed by atoms with Crippen molar-refractivity contribution in [3.8, 4) is 34.5 Å². The number of ether oxygens (including phenoxy) is 5. The van der Waals surface area contributed by atoms with E-state index in [2.05, 4.69) is 4.98 Å². The molecule has 11 heteroatoms. The Bertz CT molecular complexity index is 1320. The molecule has 192 valence electrons. The molecule has 2 aromatic carbocycles. The summed E-state index contributed by atoms with van der Waals surface area (Å²) in [6, 6.07) is 6.52. The third-order valence-corrected chi connectivity index (χ3v) is 8.46. The highest BCUT2D eigenvalue weighted by atomic mass is 32.2. The van der Waals surface area contributed by atoms with E-state index in [0.717, 1.165) is 0 Å². The lowest BCUT2D eigenvalue weighted by atomic mass is 10.1. The zero-order valence-corrected chi connectivity index (χ0v) is 21.6. The minimum atomic E-state index is -0.543. The Morgan fingerprint density at radius 1 is 0.861 bits per heavy atom.